The fourth-order valence-corrected chi connectivity index (χ4v) is 7.12. The van der Waals surface area contributed by atoms with Crippen LogP contribution in [0.1, 0.15) is 90.2 Å². The van der Waals surface area contributed by atoms with Gasteiger partial charge in [-0.15, -0.1) is 0 Å². The van der Waals surface area contributed by atoms with Gasteiger partial charge in [-0.3, -0.25) is 0 Å². The summed E-state index contributed by atoms with van der Waals surface area (Å²) in [7, 11) is 0. The molecule has 2 heterocycles. The van der Waals surface area contributed by atoms with E-state index >= 15 is 0 Å². The molecule has 5 heteroatoms. The standard InChI is InChI=1S/C37H51BrN2O2/c1-36(2)30-17-9-11-19-32(30)39(25-13-5-7-15-27-41)34(36)23-21-29(38)22-24-35-37(3,4)31-18-10-12-20-33(31)40(35)26-14-6-8-16-28-42/h9-12,17-24,34,41-42H,5-8,13-16,25-28H2,1-4H3/b23-21+,29-22-,35-24+. The van der Waals surface area contributed by atoms with Crippen molar-refractivity contribution in [3.63, 3.8) is 0 Å². The lowest BCUT2D eigenvalue weighted by Gasteiger charge is -2.32. The van der Waals surface area contributed by atoms with Crippen LogP contribution in [0.3, 0.4) is 0 Å². The highest BCUT2D eigenvalue weighted by Gasteiger charge is 2.42. The molecular formula is C37H51BrN2O2. The van der Waals surface area contributed by atoms with E-state index in [2.05, 4.69) is 126 Å². The second-order valence-electron chi connectivity index (χ2n) is 12.9. The van der Waals surface area contributed by atoms with Gasteiger partial charge in [-0.05, 0) is 67.2 Å². The zero-order valence-electron chi connectivity index (χ0n) is 26.2. The number of nitrogens with zero attached hydrogens (tertiary/aromatic N) is 2. The molecule has 4 nitrogen and oxygen atoms in total. The maximum absolute atomic E-state index is 9.16. The van der Waals surface area contributed by atoms with Gasteiger partial charge in [-0.1, -0.05) is 112 Å². The van der Waals surface area contributed by atoms with Gasteiger partial charge < -0.3 is 20.0 Å². The molecule has 0 saturated heterocycles. The van der Waals surface area contributed by atoms with Crippen LogP contribution in [-0.2, 0) is 10.8 Å². The molecule has 1 unspecified atom stereocenters. The highest BCUT2D eigenvalue weighted by atomic mass is 79.9. The molecule has 0 aromatic heterocycles. The molecule has 228 valence electrons. The molecule has 2 aromatic rings. The zero-order valence-corrected chi connectivity index (χ0v) is 27.7. The first kappa shape index (κ1) is 32.6. The van der Waals surface area contributed by atoms with Crippen molar-refractivity contribution in [2.75, 3.05) is 36.1 Å². The van der Waals surface area contributed by atoms with Crippen molar-refractivity contribution in [2.24, 2.45) is 0 Å². The summed E-state index contributed by atoms with van der Waals surface area (Å²) < 4.78 is 1.07. The van der Waals surface area contributed by atoms with Crippen LogP contribution in [0, 0.1) is 0 Å². The first-order chi connectivity index (χ1) is 20.2. The van der Waals surface area contributed by atoms with Crippen LogP contribution in [0.5, 0.6) is 0 Å². The first-order valence-electron chi connectivity index (χ1n) is 15.9. The predicted molar refractivity (Wildman–Crippen MR) is 183 cm³/mol. The van der Waals surface area contributed by atoms with Gasteiger partial charge in [0.15, 0.2) is 0 Å². The van der Waals surface area contributed by atoms with E-state index in [1.54, 1.807) is 0 Å². The number of halogens is 1. The Labute approximate surface area is 263 Å². The summed E-state index contributed by atoms with van der Waals surface area (Å²) in [4.78, 5) is 5.09. The number of rotatable bonds is 15. The third kappa shape index (κ3) is 7.23. The number of hydrogen-bond acceptors (Lipinski definition) is 4. The molecule has 2 aliphatic heterocycles. The van der Waals surface area contributed by atoms with E-state index in [4.69, 9.17) is 10.2 Å². The summed E-state index contributed by atoms with van der Waals surface area (Å²) in [5.41, 5.74) is 6.72. The minimum absolute atomic E-state index is 0.00580. The summed E-state index contributed by atoms with van der Waals surface area (Å²) in [6, 6.07) is 18.0. The summed E-state index contributed by atoms with van der Waals surface area (Å²) in [5.74, 6) is 0. The van der Waals surface area contributed by atoms with Gasteiger partial charge in [0, 0.05) is 58.7 Å². The number of hydrogen-bond donors (Lipinski definition) is 2. The third-order valence-corrected chi connectivity index (χ3v) is 9.75. The van der Waals surface area contributed by atoms with Gasteiger partial charge in [-0.2, -0.15) is 0 Å². The topological polar surface area (TPSA) is 46.9 Å². The molecule has 0 fully saturated rings. The number of allylic oxidation sites excluding steroid dienone is 5. The number of aliphatic hydroxyl groups is 2. The van der Waals surface area contributed by atoms with Crippen LogP contribution >= 0.6 is 15.9 Å². The monoisotopic (exact) mass is 634 g/mol. The Morgan fingerprint density at radius 3 is 2.00 bits per heavy atom. The number of anilines is 2. The van der Waals surface area contributed by atoms with E-state index in [0.717, 1.165) is 68.9 Å². The lowest BCUT2D eigenvalue weighted by Crippen LogP contribution is -2.40. The Bertz CT molecular complexity index is 1260. The molecule has 2 N–H and O–H groups in total. The van der Waals surface area contributed by atoms with Gasteiger partial charge in [0.25, 0.3) is 0 Å². The van der Waals surface area contributed by atoms with Crippen molar-refractivity contribution in [3.8, 4) is 0 Å². The van der Waals surface area contributed by atoms with E-state index in [-0.39, 0.29) is 30.1 Å². The summed E-state index contributed by atoms with van der Waals surface area (Å²) in [6.07, 6.45) is 17.6. The van der Waals surface area contributed by atoms with Gasteiger partial charge in [0.1, 0.15) is 0 Å². The summed E-state index contributed by atoms with van der Waals surface area (Å²) >= 11 is 3.89. The molecule has 0 saturated carbocycles. The zero-order chi connectivity index (χ0) is 30.2. The molecule has 2 aromatic carbocycles. The SMILES string of the molecule is CC1(C)\C(=C/C=C(Br)/C=C/C2N(CCCCCCO)c3ccccc3C2(C)C)N(CCCCCCO)c2ccccc21. The molecule has 0 aliphatic carbocycles. The van der Waals surface area contributed by atoms with Gasteiger partial charge in [0.2, 0.25) is 0 Å². The lowest BCUT2D eigenvalue weighted by molar-refractivity contribution is 0.282. The number of benzene rings is 2. The van der Waals surface area contributed by atoms with Crippen LogP contribution in [0.4, 0.5) is 11.4 Å². The molecule has 0 bridgehead atoms. The number of para-hydroxylation sites is 2. The minimum atomic E-state index is -0.0723. The number of unbranched alkanes of at least 4 members (excludes halogenated alkanes) is 6. The second kappa shape index (κ2) is 14.9. The molecule has 0 amide bonds. The average Bonchev–Trinajstić information content (AvgIpc) is 3.33. The Morgan fingerprint density at radius 2 is 1.33 bits per heavy atom. The molecule has 1 atom stereocenters. The second-order valence-corrected chi connectivity index (χ2v) is 13.8. The summed E-state index contributed by atoms with van der Waals surface area (Å²) in [6.45, 7) is 12.0. The van der Waals surface area contributed by atoms with Crippen molar-refractivity contribution < 1.29 is 10.2 Å². The average molecular weight is 636 g/mol. The fourth-order valence-electron chi connectivity index (χ4n) is 6.83. The number of aliphatic hydroxyl groups excluding tert-OH is 2. The molecular weight excluding hydrogens is 584 g/mol. The fraction of sp³-hybridized carbons (Fsp3) is 0.514. The van der Waals surface area contributed by atoms with Crippen LogP contribution in [0.15, 0.2) is 83.0 Å². The molecule has 42 heavy (non-hydrogen) atoms. The third-order valence-electron chi connectivity index (χ3n) is 9.22. The van der Waals surface area contributed by atoms with Crippen LogP contribution in [0.25, 0.3) is 0 Å². The Kier molecular flexibility index (Phi) is 11.6. The van der Waals surface area contributed by atoms with E-state index in [0.29, 0.717) is 0 Å². The van der Waals surface area contributed by atoms with E-state index in [9.17, 15) is 0 Å². The van der Waals surface area contributed by atoms with Gasteiger partial charge in [-0.25, -0.2) is 0 Å². The molecule has 2 aliphatic rings. The van der Waals surface area contributed by atoms with Crippen molar-refractivity contribution >= 4 is 27.3 Å². The van der Waals surface area contributed by atoms with Crippen molar-refractivity contribution in [2.45, 2.75) is 95.9 Å². The smallest absolute Gasteiger partial charge is 0.0568 e. The molecule has 4 rings (SSSR count). The van der Waals surface area contributed by atoms with Crippen molar-refractivity contribution in [3.05, 3.63) is 94.1 Å². The largest absolute Gasteiger partial charge is 0.396 e. The maximum Gasteiger partial charge on any atom is 0.0568 e. The quantitative estimate of drug-likeness (QED) is 0.152. The van der Waals surface area contributed by atoms with Gasteiger partial charge in [0.05, 0.1) is 6.04 Å². The molecule has 0 radical (unpaired) electrons. The Balaban J connectivity index is 1.54. The summed E-state index contributed by atoms with van der Waals surface area (Å²) in [5, 5.41) is 18.3. The molecule has 0 spiro atoms. The van der Waals surface area contributed by atoms with Gasteiger partial charge >= 0.3 is 0 Å². The Hall–Kier alpha value is -2.34. The lowest BCUT2D eigenvalue weighted by atomic mass is 9.80. The minimum Gasteiger partial charge on any atom is -0.396 e. The number of fused-ring (bicyclic) bond motifs is 2. The van der Waals surface area contributed by atoms with Crippen molar-refractivity contribution in [1.82, 2.24) is 0 Å². The van der Waals surface area contributed by atoms with E-state index in [1.807, 2.05) is 0 Å². The highest BCUT2D eigenvalue weighted by Crippen LogP contribution is 2.48. The Morgan fingerprint density at radius 1 is 0.762 bits per heavy atom. The van der Waals surface area contributed by atoms with Crippen LogP contribution < -0.4 is 9.80 Å². The highest BCUT2D eigenvalue weighted by molar-refractivity contribution is 9.11. The van der Waals surface area contributed by atoms with E-state index in [1.165, 1.54) is 28.2 Å². The maximum atomic E-state index is 9.16. The first-order valence-corrected chi connectivity index (χ1v) is 16.7. The van der Waals surface area contributed by atoms with Crippen molar-refractivity contribution in [1.29, 1.82) is 0 Å². The predicted octanol–water partition coefficient (Wildman–Crippen LogP) is 8.77. The van der Waals surface area contributed by atoms with E-state index < -0.39 is 0 Å². The van der Waals surface area contributed by atoms with Crippen LogP contribution in [0.2, 0.25) is 0 Å². The van der Waals surface area contributed by atoms with Crippen LogP contribution in [-0.4, -0.2) is 42.6 Å². The normalized spacial score (nSPS) is 20.1.